The summed E-state index contributed by atoms with van der Waals surface area (Å²) in [7, 11) is 3.56. The third-order valence-corrected chi connectivity index (χ3v) is 3.54. The Morgan fingerprint density at radius 3 is 2.70 bits per heavy atom. The molecule has 4 nitrogen and oxygen atoms in total. The lowest BCUT2D eigenvalue weighted by atomic mass is 10.1. The van der Waals surface area contributed by atoms with Crippen molar-refractivity contribution in [3.8, 4) is 22.9 Å². The highest BCUT2D eigenvalue weighted by molar-refractivity contribution is 5.84. The fourth-order valence-electron chi connectivity index (χ4n) is 2.53. The molecular weight excluding hydrogens is 252 g/mol. The van der Waals surface area contributed by atoms with E-state index in [1.54, 1.807) is 25.3 Å². The normalized spacial score (nSPS) is 10.9. The Hall–Kier alpha value is -2.49. The molecule has 0 bridgehead atoms. The maximum Gasteiger partial charge on any atom is 0.144 e. The van der Waals surface area contributed by atoms with Gasteiger partial charge in [0.05, 0.1) is 23.7 Å². The van der Waals surface area contributed by atoms with Gasteiger partial charge in [-0.15, -0.1) is 0 Å². The van der Waals surface area contributed by atoms with E-state index in [0.717, 1.165) is 22.4 Å². The minimum Gasteiger partial charge on any atom is -0.507 e. The molecule has 0 unspecified atom stereocenters. The highest BCUT2D eigenvalue weighted by Gasteiger charge is 2.15. The highest BCUT2D eigenvalue weighted by Crippen LogP contribution is 2.34. The van der Waals surface area contributed by atoms with E-state index < -0.39 is 0 Å². The molecular formula is C16H16N2O2. The molecule has 1 heterocycles. The largest absolute Gasteiger partial charge is 0.507 e. The molecule has 1 N–H and O–H groups in total. The quantitative estimate of drug-likeness (QED) is 0.776. The third kappa shape index (κ3) is 1.81. The van der Waals surface area contributed by atoms with Crippen LogP contribution in [0.25, 0.3) is 22.4 Å². The summed E-state index contributed by atoms with van der Waals surface area (Å²) in [5, 5.41) is 10.1. The van der Waals surface area contributed by atoms with Gasteiger partial charge in [-0.2, -0.15) is 0 Å². The first-order valence-corrected chi connectivity index (χ1v) is 6.41. The number of aromatic hydroxyl groups is 1. The van der Waals surface area contributed by atoms with Crippen LogP contribution >= 0.6 is 0 Å². The average molecular weight is 268 g/mol. The van der Waals surface area contributed by atoms with Crippen molar-refractivity contribution in [3.63, 3.8) is 0 Å². The number of aromatic nitrogens is 2. The smallest absolute Gasteiger partial charge is 0.144 e. The number of hydrogen-bond donors (Lipinski definition) is 1. The lowest BCUT2D eigenvalue weighted by Crippen LogP contribution is -1.94. The Morgan fingerprint density at radius 2 is 2.00 bits per heavy atom. The van der Waals surface area contributed by atoms with Gasteiger partial charge in [0.25, 0.3) is 0 Å². The molecule has 0 amide bonds. The summed E-state index contributed by atoms with van der Waals surface area (Å²) < 4.78 is 7.22. The first kappa shape index (κ1) is 12.5. The summed E-state index contributed by atoms with van der Waals surface area (Å²) in [6, 6.07) is 11.2. The zero-order valence-corrected chi connectivity index (χ0v) is 11.7. The van der Waals surface area contributed by atoms with Gasteiger partial charge in [-0.05, 0) is 36.8 Å². The predicted octanol–water partition coefficient (Wildman–Crippen LogP) is 3.26. The van der Waals surface area contributed by atoms with Crippen LogP contribution in [-0.2, 0) is 7.05 Å². The van der Waals surface area contributed by atoms with Crippen LogP contribution in [0.15, 0.2) is 36.4 Å². The van der Waals surface area contributed by atoms with Crippen LogP contribution in [0.4, 0.5) is 0 Å². The van der Waals surface area contributed by atoms with Crippen LogP contribution in [0.5, 0.6) is 11.5 Å². The summed E-state index contributed by atoms with van der Waals surface area (Å²) in [6.45, 7) is 2.05. The number of fused-ring (bicyclic) bond motifs is 1. The zero-order chi connectivity index (χ0) is 14.3. The Bertz CT molecular complexity index is 791. The maximum atomic E-state index is 10.1. The van der Waals surface area contributed by atoms with Crippen LogP contribution < -0.4 is 4.74 Å². The molecule has 0 radical (unpaired) electrons. The number of aryl methyl sites for hydroxylation is 2. The second-order valence-electron chi connectivity index (χ2n) is 4.82. The minimum atomic E-state index is 0.196. The van der Waals surface area contributed by atoms with E-state index in [9.17, 15) is 5.11 Å². The van der Waals surface area contributed by atoms with Crippen molar-refractivity contribution in [2.24, 2.45) is 7.05 Å². The van der Waals surface area contributed by atoms with Gasteiger partial charge < -0.3 is 14.4 Å². The molecule has 20 heavy (non-hydrogen) atoms. The minimum absolute atomic E-state index is 0.196. The van der Waals surface area contributed by atoms with E-state index in [2.05, 4.69) is 18.0 Å². The van der Waals surface area contributed by atoms with E-state index in [1.165, 1.54) is 0 Å². The Balaban J connectivity index is 2.30. The van der Waals surface area contributed by atoms with Crippen molar-refractivity contribution in [2.45, 2.75) is 6.92 Å². The number of ether oxygens (including phenoxy) is 1. The third-order valence-electron chi connectivity index (χ3n) is 3.54. The van der Waals surface area contributed by atoms with E-state index >= 15 is 0 Å². The molecule has 0 aliphatic rings. The molecule has 1 aromatic heterocycles. The molecule has 2 aromatic carbocycles. The van der Waals surface area contributed by atoms with Crippen LogP contribution in [0.1, 0.15) is 5.56 Å². The molecule has 0 fully saturated rings. The average Bonchev–Trinajstić information content (AvgIpc) is 2.78. The van der Waals surface area contributed by atoms with Crippen molar-refractivity contribution in [3.05, 3.63) is 42.0 Å². The van der Waals surface area contributed by atoms with Gasteiger partial charge in [-0.25, -0.2) is 4.98 Å². The molecule has 0 aliphatic carbocycles. The summed E-state index contributed by atoms with van der Waals surface area (Å²) in [5.41, 5.74) is 3.82. The second kappa shape index (κ2) is 4.56. The van der Waals surface area contributed by atoms with Crippen LogP contribution in [0.2, 0.25) is 0 Å². The zero-order valence-electron chi connectivity index (χ0n) is 11.7. The monoisotopic (exact) mass is 268 g/mol. The number of para-hydroxylation sites is 1. The fourth-order valence-corrected chi connectivity index (χ4v) is 2.53. The van der Waals surface area contributed by atoms with Gasteiger partial charge in [-0.3, -0.25) is 0 Å². The number of phenols is 1. The first-order chi connectivity index (χ1) is 9.61. The van der Waals surface area contributed by atoms with Crippen molar-refractivity contribution in [1.82, 2.24) is 9.55 Å². The van der Waals surface area contributed by atoms with Gasteiger partial charge in [0, 0.05) is 7.05 Å². The van der Waals surface area contributed by atoms with Gasteiger partial charge in [0.2, 0.25) is 0 Å². The predicted molar refractivity (Wildman–Crippen MR) is 79.1 cm³/mol. The molecule has 3 rings (SSSR count). The van der Waals surface area contributed by atoms with Crippen molar-refractivity contribution < 1.29 is 9.84 Å². The first-order valence-electron chi connectivity index (χ1n) is 6.41. The lowest BCUT2D eigenvalue weighted by molar-refractivity contribution is 0.412. The molecule has 0 atom stereocenters. The van der Waals surface area contributed by atoms with Crippen LogP contribution in [0.3, 0.4) is 0 Å². The summed E-state index contributed by atoms with van der Waals surface area (Å²) in [6.07, 6.45) is 0. The highest BCUT2D eigenvalue weighted by atomic mass is 16.5. The van der Waals surface area contributed by atoms with Crippen molar-refractivity contribution in [2.75, 3.05) is 7.11 Å². The molecule has 0 aliphatic heterocycles. The van der Waals surface area contributed by atoms with Crippen molar-refractivity contribution >= 4 is 11.0 Å². The number of benzene rings is 2. The fraction of sp³-hybridized carbons (Fsp3) is 0.188. The molecule has 0 spiro atoms. The van der Waals surface area contributed by atoms with Crippen LogP contribution in [0, 0.1) is 6.92 Å². The Kier molecular flexibility index (Phi) is 2.86. The van der Waals surface area contributed by atoms with E-state index in [-0.39, 0.29) is 5.75 Å². The van der Waals surface area contributed by atoms with Gasteiger partial charge in [0.1, 0.15) is 17.3 Å². The van der Waals surface area contributed by atoms with Crippen molar-refractivity contribution in [1.29, 1.82) is 0 Å². The maximum absolute atomic E-state index is 10.1. The Morgan fingerprint density at radius 1 is 1.20 bits per heavy atom. The number of imidazole rings is 1. The second-order valence-corrected chi connectivity index (χ2v) is 4.82. The topological polar surface area (TPSA) is 47.3 Å². The lowest BCUT2D eigenvalue weighted by Gasteiger charge is -2.08. The number of hydrogen-bond acceptors (Lipinski definition) is 3. The van der Waals surface area contributed by atoms with E-state index in [4.69, 9.17) is 4.74 Å². The van der Waals surface area contributed by atoms with Crippen LogP contribution in [-0.4, -0.2) is 21.8 Å². The van der Waals surface area contributed by atoms with Gasteiger partial charge >= 0.3 is 0 Å². The summed E-state index contributed by atoms with van der Waals surface area (Å²) in [4.78, 5) is 4.63. The summed E-state index contributed by atoms with van der Waals surface area (Å²) >= 11 is 0. The van der Waals surface area contributed by atoms with E-state index in [1.807, 2.05) is 23.7 Å². The van der Waals surface area contributed by atoms with Gasteiger partial charge in [0.15, 0.2) is 0 Å². The number of methoxy groups -OCH3 is 1. The SMILES string of the molecule is COc1ccc(O)c(-c2nc3cccc(C)c3n2C)c1. The molecule has 3 aromatic rings. The number of phenolic OH excluding ortho intramolecular Hbond substituents is 1. The number of rotatable bonds is 2. The molecule has 4 heteroatoms. The molecule has 0 saturated heterocycles. The molecule has 102 valence electrons. The Labute approximate surface area is 117 Å². The van der Waals surface area contributed by atoms with E-state index in [0.29, 0.717) is 11.3 Å². The standard InChI is InChI=1S/C16H16N2O2/c1-10-5-4-6-13-15(10)18(2)16(17-13)12-9-11(20-3)7-8-14(12)19/h4-9,19H,1-3H3. The number of nitrogens with zero attached hydrogens (tertiary/aromatic N) is 2. The summed E-state index contributed by atoms with van der Waals surface area (Å²) in [5.74, 6) is 1.62. The molecule has 0 saturated carbocycles. The van der Waals surface area contributed by atoms with Gasteiger partial charge in [-0.1, -0.05) is 12.1 Å².